The fraction of sp³-hybridized carbons (Fsp3) is 0.562. The highest BCUT2D eigenvalue weighted by Crippen LogP contribution is 2.36. The van der Waals surface area contributed by atoms with Crippen LogP contribution in [0.3, 0.4) is 0 Å². The van der Waals surface area contributed by atoms with E-state index >= 15 is 0 Å². The molecule has 0 saturated carbocycles. The summed E-state index contributed by atoms with van der Waals surface area (Å²) < 4.78 is 5.46. The number of ether oxygens (including phenoxy) is 1. The lowest BCUT2D eigenvalue weighted by Gasteiger charge is -2.34. The standard InChI is InChI=1S/C16H23NO4/c1-2-3-4-5-12-8-13(19)9-15(20)16(12)14-10-21-7-6-17(14)11-18/h8-9,11,14,19-20H,2-7,10H2,1H3. The summed E-state index contributed by atoms with van der Waals surface area (Å²) in [5, 5.41) is 20.0. The number of nitrogens with zero attached hydrogens (tertiary/aromatic N) is 1. The van der Waals surface area contributed by atoms with Crippen LogP contribution in [0.5, 0.6) is 11.5 Å². The van der Waals surface area contributed by atoms with Crippen molar-refractivity contribution in [1.29, 1.82) is 0 Å². The molecule has 1 unspecified atom stereocenters. The van der Waals surface area contributed by atoms with Crippen LogP contribution >= 0.6 is 0 Å². The molecule has 1 fully saturated rings. The molecule has 1 heterocycles. The minimum atomic E-state index is -0.284. The van der Waals surface area contributed by atoms with Gasteiger partial charge in [0.25, 0.3) is 0 Å². The highest BCUT2D eigenvalue weighted by molar-refractivity contribution is 5.53. The molecule has 2 rings (SSSR count). The number of amides is 1. The number of phenols is 2. The molecule has 0 bridgehead atoms. The quantitative estimate of drug-likeness (QED) is 0.624. The van der Waals surface area contributed by atoms with Crippen molar-refractivity contribution < 1.29 is 19.7 Å². The number of hydrogen-bond acceptors (Lipinski definition) is 4. The van der Waals surface area contributed by atoms with E-state index in [2.05, 4.69) is 6.92 Å². The van der Waals surface area contributed by atoms with E-state index < -0.39 is 0 Å². The van der Waals surface area contributed by atoms with Gasteiger partial charge in [-0.15, -0.1) is 0 Å². The van der Waals surface area contributed by atoms with Crippen molar-refractivity contribution in [3.05, 3.63) is 23.3 Å². The van der Waals surface area contributed by atoms with E-state index in [-0.39, 0.29) is 17.5 Å². The van der Waals surface area contributed by atoms with Crippen LogP contribution in [0.25, 0.3) is 0 Å². The molecule has 0 aliphatic carbocycles. The van der Waals surface area contributed by atoms with Gasteiger partial charge in [-0.25, -0.2) is 0 Å². The lowest BCUT2D eigenvalue weighted by Crippen LogP contribution is -2.39. The third-order valence-corrected chi connectivity index (χ3v) is 3.92. The van der Waals surface area contributed by atoms with Gasteiger partial charge in [0.05, 0.1) is 19.3 Å². The number of morpholine rings is 1. The van der Waals surface area contributed by atoms with E-state index in [4.69, 9.17) is 4.74 Å². The Kier molecular flexibility index (Phi) is 5.44. The molecule has 1 aromatic rings. The fourth-order valence-electron chi connectivity index (χ4n) is 2.83. The molecule has 116 valence electrons. The molecule has 5 nitrogen and oxygen atoms in total. The molecule has 0 radical (unpaired) electrons. The van der Waals surface area contributed by atoms with Gasteiger partial charge in [-0.05, 0) is 24.5 Å². The van der Waals surface area contributed by atoms with Crippen LogP contribution in [-0.4, -0.2) is 41.3 Å². The highest BCUT2D eigenvalue weighted by atomic mass is 16.5. The second kappa shape index (κ2) is 7.31. The number of hydrogen-bond donors (Lipinski definition) is 2. The summed E-state index contributed by atoms with van der Waals surface area (Å²) in [4.78, 5) is 12.9. The Morgan fingerprint density at radius 3 is 2.90 bits per heavy atom. The molecule has 1 saturated heterocycles. The minimum absolute atomic E-state index is 0.0313. The first kappa shape index (κ1) is 15.6. The normalized spacial score (nSPS) is 18.7. The molecule has 1 aromatic carbocycles. The first-order valence-corrected chi connectivity index (χ1v) is 7.51. The first-order chi connectivity index (χ1) is 10.2. The molecule has 1 amide bonds. The van der Waals surface area contributed by atoms with Gasteiger partial charge in [-0.1, -0.05) is 19.8 Å². The summed E-state index contributed by atoms with van der Waals surface area (Å²) in [6.07, 6.45) is 4.76. The highest BCUT2D eigenvalue weighted by Gasteiger charge is 2.28. The number of carbonyl (C=O) groups excluding carboxylic acids is 1. The predicted molar refractivity (Wildman–Crippen MR) is 79.3 cm³/mol. The van der Waals surface area contributed by atoms with Gasteiger partial charge in [0.15, 0.2) is 0 Å². The van der Waals surface area contributed by atoms with E-state index in [0.717, 1.165) is 37.7 Å². The predicted octanol–water partition coefficient (Wildman–Crippen LogP) is 2.36. The Balaban J connectivity index is 2.32. The van der Waals surface area contributed by atoms with Crippen molar-refractivity contribution in [2.75, 3.05) is 19.8 Å². The summed E-state index contributed by atoms with van der Waals surface area (Å²) in [5.74, 6) is 0.0842. The summed E-state index contributed by atoms with van der Waals surface area (Å²) in [5.41, 5.74) is 1.60. The maximum atomic E-state index is 11.2. The van der Waals surface area contributed by atoms with Crippen LogP contribution in [0.15, 0.2) is 12.1 Å². The average molecular weight is 293 g/mol. The number of unbranched alkanes of at least 4 members (excludes halogenated alkanes) is 2. The minimum Gasteiger partial charge on any atom is -0.508 e. The molecule has 0 aromatic heterocycles. The monoisotopic (exact) mass is 293 g/mol. The summed E-state index contributed by atoms with van der Waals surface area (Å²) in [6, 6.07) is 2.73. The topological polar surface area (TPSA) is 70.0 Å². The van der Waals surface area contributed by atoms with Crippen molar-refractivity contribution in [2.45, 2.75) is 38.6 Å². The molecule has 1 atom stereocenters. The van der Waals surface area contributed by atoms with E-state index in [1.165, 1.54) is 6.07 Å². The number of rotatable bonds is 6. The molecular formula is C16H23NO4. The Morgan fingerprint density at radius 2 is 2.19 bits per heavy atom. The SMILES string of the molecule is CCCCCc1cc(O)cc(O)c1C1COCCN1C=O. The smallest absolute Gasteiger partial charge is 0.210 e. The van der Waals surface area contributed by atoms with Crippen LogP contribution < -0.4 is 0 Å². The fourth-order valence-corrected chi connectivity index (χ4v) is 2.83. The number of aryl methyl sites for hydroxylation is 1. The van der Waals surface area contributed by atoms with Gasteiger partial charge in [0.2, 0.25) is 6.41 Å². The number of carbonyl (C=O) groups is 1. The second-order valence-electron chi connectivity index (χ2n) is 5.43. The summed E-state index contributed by atoms with van der Waals surface area (Å²) >= 11 is 0. The zero-order valence-electron chi connectivity index (χ0n) is 12.4. The zero-order chi connectivity index (χ0) is 15.2. The van der Waals surface area contributed by atoms with Gasteiger partial charge in [0, 0.05) is 18.2 Å². The molecule has 1 aliphatic heterocycles. The Hall–Kier alpha value is -1.75. The zero-order valence-corrected chi connectivity index (χ0v) is 12.4. The van der Waals surface area contributed by atoms with Gasteiger partial charge < -0.3 is 19.8 Å². The average Bonchev–Trinajstić information content (AvgIpc) is 2.47. The maximum Gasteiger partial charge on any atom is 0.210 e. The van der Waals surface area contributed by atoms with Crippen molar-refractivity contribution in [3.8, 4) is 11.5 Å². The maximum absolute atomic E-state index is 11.2. The van der Waals surface area contributed by atoms with Crippen molar-refractivity contribution in [3.63, 3.8) is 0 Å². The van der Waals surface area contributed by atoms with Crippen LogP contribution in [-0.2, 0) is 16.0 Å². The van der Waals surface area contributed by atoms with Crippen molar-refractivity contribution in [1.82, 2.24) is 4.90 Å². The lowest BCUT2D eigenvalue weighted by atomic mass is 9.94. The molecule has 21 heavy (non-hydrogen) atoms. The summed E-state index contributed by atoms with van der Waals surface area (Å²) in [7, 11) is 0. The van der Waals surface area contributed by atoms with Crippen molar-refractivity contribution in [2.24, 2.45) is 0 Å². The Morgan fingerprint density at radius 1 is 1.38 bits per heavy atom. The van der Waals surface area contributed by atoms with E-state index in [1.54, 1.807) is 11.0 Å². The van der Waals surface area contributed by atoms with E-state index in [0.29, 0.717) is 25.3 Å². The summed E-state index contributed by atoms with van der Waals surface area (Å²) in [6.45, 7) is 3.53. The third-order valence-electron chi connectivity index (χ3n) is 3.92. The molecular weight excluding hydrogens is 270 g/mol. The number of aromatic hydroxyl groups is 2. The van der Waals surface area contributed by atoms with E-state index in [9.17, 15) is 15.0 Å². The van der Waals surface area contributed by atoms with Crippen molar-refractivity contribution >= 4 is 6.41 Å². The van der Waals surface area contributed by atoms with Crippen LogP contribution in [0.1, 0.15) is 43.4 Å². The first-order valence-electron chi connectivity index (χ1n) is 7.51. The molecule has 5 heteroatoms. The molecule has 2 N–H and O–H groups in total. The van der Waals surface area contributed by atoms with E-state index in [1.807, 2.05) is 0 Å². The van der Waals surface area contributed by atoms with Gasteiger partial charge >= 0.3 is 0 Å². The number of benzene rings is 1. The third kappa shape index (κ3) is 3.67. The lowest BCUT2D eigenvalue weighted by molar-refractivity contribution is -0.126. The van der Waals surface area contributed by atoms with Gasteiger partial charge in [-0.3, -0.25) is 4.79 Å². The Bertz CT molecular complexity index is 489. The van der Waals surface area contributed by atoms with Crippen LogP contribution in [0, 0.1) is 0 Å². The van der Waals surface area contributed by atoms with Crippen LogP contribution in [0.2, 0.25) is 0 Å². The Labute approximate surface area is 125 Å². The second-order valence-corrected chi connectivity index (χ2v) is 5.43. The molecule has 0 spiro atoms. The molecule has 1 aliphatic rings. The number of phenolic OH excluding ortho intramolecular Hbond substituents is 2. The largest absolute Gasteiger partial charge is 0.508 e. The van der Waals surface area contributed by atoms with Gasteiger partial charge in [0.1, 0.15) is 11.5 Å². The van der Waals surface area contributed by atoms with Crippen LogP contribution in [0.4, 0.5) is 0 Å². The van der Waals surface area contributed by atoms with Gasteiger partial charge in [-0.2, -0.15) is 0 Å².